The van der Waals surface area contributed by atoms with Gasteiger partial charge in [-0.1, -0.05) is 19.3 Å². The molecule has 168 valence electrons. The first kappa shape index (κ1) is 21.8. The Morgan fingerprint density at radius 3 is 2.42 bits per heavy atom. The highest BCUT2D eigenvalue weighted by molar-refractivity contribution is 7.90. The van der Waals surface area contributed by atoms with Crippen molar-refractivity contribution in [3.63, 3.8) is 0 Å². The molecule has 4 rings (SSSR count). The van der Waals surface area contributed by atoms with E-state index in [-0.39, 0.29) is 16.4 Å². The van der Waals surface area contributed by atoms with Gasteiger partial charge < -0.3 is 14.5 Å². The molecule has 0 radical (unpaired) electrons. The third kappa shape index (κ3) is 4.61. The molecule has 3 aliphatic rings. The second-order valence-corrected chi connectivity index (χ2v) is 9.99. The minimum absolute atomic E-state index is 0.0131. The largest absolute Gasteiger partial charge is 0.449 e. The molecular formula is C22H29N3O5S. The summed E-state index contributed by atoms with van der Waals surface area (Å²) in [4.78, 5) is 29.1. The van der Waals surface area contributed by atoms with Crippen LogP contribution in [0.1, 0.15) is 68.6 Å². The van der Waals surface area contributed by atoms with Gasteiger partial charge in [0.2, 0.25) is 0 Å². The summed E-state index contributed by atoms with van der Waals surface area (Å²) in [6.45, 7) is 3.61. The van der Waals surface area contributed by atoms with Crippen LogP contribution < -0.4 is 4.90 Å². The molecular weight excluding hydrogens is 418 g/mol. The van der Waals surface area contributed by atoms with Gasteiger partial charge in [-0.05, 0) is 50.8 Å². The molecule has 8 nitrogen and oxygen atoms in total. The minimum atomic E-state index is -3.89. The first-order valence-electron chi connectivity index (χ1n) is 11.1. The summed E-state index contributed by atoms with van der Waals surface area (Å²) in [5, 5.41) is 0. The van der Waals surface area contributed by atoms with Crippen molar-refractivity contribution in [2.45, 2.75) is 69.3 Å². The Labute approximate surface area is 183 Å². The van der Waals surface area contributed by atoms with Gasteiger partial charge in [-0.25, -0.2) is 4.79 Å². The van der Waals surface area contributed by atoms with Gasteiger partial charge in [-0.2, -0.15) is 8.42 Å². The van der Waals surface area contributed by atoms with Crippen LogP contribution in [0, 0.1) is 0 Å². The minimum Gasteiger partial charge on any atom is -0.449 e. The number of sulfonamides is 1. The SMILES string of the molecule is C[C@H](OC(=O)c1ccc2c(c1)S(=O)(=O)N=C1CCCCCN12)C(=O)N1CCCCCC1. The smallest absolute Gasteiger partial charge is 0.338 e. The van der Waals surface area contributed by atoms with E-state index < -0.39 is 22.1 Å². The summed E-state index contributed by atoms with van der Waals surface area (Å²) in [5.41, 5.74) is 0.656. The number of carbonyl (C=O) groups is 2. The standard InChI is InChI=1S/C22H29N3O5S/c1-16(21(26)24-12-6-2-3-7-13-24)30-22(27)17-10-11-18-19(15-17)31(28,29)23-20-9-5-4-8-14-25(18)20/h10-11,15-16H,2-9,12-14H2,1H3/t16-/m0/s1. The van der Waals surface area contributed by atoms with Gasteiger partial charge in [0.1, 0.15) is 10.7 Å². The molecule has 1 aromatic carbocycles. The van der Waals surface area contributed by atoms with Gasteiger partial charge in [0, 0.05) is 26.1 Å². The van der Waals surface area contributed by atoms with Crippen LogP contribution in [0.3, 0.4) is 0 Å². The highest BCUT2D eigenvalue weighted by Crippen LogP contribution is 2.35. The van der Waals surface area contributed by atoms with Crippen molar-refractivity contribution in [3.05, 3.63) is 23.8 Å². The Kier molecular flexibility index (Phi) is 6.31. The van der Waals surface area contributed by atoms with Crippen molar-refractivity contribution in [2.24, 2.45) is 4.40 Å². The van der Waals surface area contributed by atoms with Gasteiger partial charge in [-0.15, -0.1) is 4.40 Å². The number of amides is 1. The Hall–Kier alpha value is -2.42. The van der Waals surface area contributed by atoms with Gasteiger partial charge >= 0.3 is 5.97 Å². The van der Waals surface area contributed by atoms with Crippen molar-refractivity contribution >= 4 is 33.4 Å². The molecule has 1 amide bonds. The molecule has 3 heterocycles. The van der Waals surface area contributed by atoms with E-state index in [9.17, 15) is 18.0 Å². The van der Waals surface area contributed by atoms with Crippen molar-refractivity contribution < 1.29 is 22.7 Å². The zero-order valence-corrected chi connectivity index (χ0v) is 18.7. The Morgan fingerprint density at radius 2 is 1.68 bits per heavy atom. The molecule has 0 spiro atoms. The lowest BCUT2D eigenvalue weighted by atomic mass is 10.1. The molecule has 0 aliphatic carbocycles. The average molecular weight is 448 g/mol. The van der Waals surface area contributed by atoms with Crippen LogP contribution in [0.4, 0.5) is 5.69 Å². The zero-order valence-electron chi connectivity index (χ0n) is 17.9. The predicted molar refractivity (Wildman–Crippen MR) is 117 cm³/mol. The zero-order chi connectivity index (χ0) is 22.0. The molecule has 0 bridgehead atoms. The first-order chi connectivity index (χ1) is 14.9. The fourth-order valence-corrected chi connectivity index (χ4v) is 5.72. The lowest BCUT2D eigenvalue weighted by Gasteiger charge is -2.29. The molecule has 2 saturated heterocycles. The van der Waals surface area contributed by atoms with Crippen LogP contribution in [0.25, 0.3) is 0 Å². The third-order valence-electron chi connectivity index (χ3n) is 6.13. The van der Waals surface area contributed by atoms with E-state index in [1.165, 1.54) is 6.07 Å². The number of anilines is 1. The Balaban J connectivity index is 1.52. The number of likely N-dealkylation sites (tertiary alicyclic amines) is 1. The fourth-order valence-electron chi connectivity index (χ4n) is 4.43. The Bertz CT molecular complexity index is 996. The average Bonchev–Trinajstić information content (AvgIpc) is 3.15. The predicted octanol–water partition coefficient (Wildman–Crippen LogP) is 3.12. The number of benzene rings is 1. The quantitative estimate of drug-likeness (QED) is 0.661. The van der Waals surface area contributed by atoms with Gasteiger partial charge in [-0.3, -0.25) is 4.79 Å². The van der Waals surface area contributed by atoms with E-state index in [1.807, 2.05) is 4.90 Å². The maximum Gasteiger partial charge on any atom is 0.338 e. The molecule has 1 aromatic rings. The lowest BCUT2D eigenvalue weighted by molar-refractivity contribution is -0.139. The topological polar surface area (TPSA) is 96.4 Å². The summed E-state index contributed by atoms with van der Waals surface area (Å²) in [6.07, 6.45) is 6.70. The number of fused-ring (bicyclic) bond motifs is 3. The summed E-state index contributed by atoms with van der Waals surface area (Å²) in [5.74, 6) is -0.351. The molecule has 31 heavy (non-hydrogen) atoms. The highest BCUT2D eigenvalue weighted by atomic mass is 32.2. The van der Waals surface area contributed by atoms with Crippen molar-refractivity contribution in [3.8, 4) is 0 Å². The van der Waals surface area contributed by atoms with E-state index in [4.69, 9.17) is 4.74 Å². The number of nitrogens with zero attached hydrogens (tertiary/aromatic N) is 3. The van der Waals surface area contributed by atoms with E-state index in [0.29, 0.717) is 37.6 Å². The number of hydrogen-bond acceptors (Lipinski definition) is 6. The number of hydrogen-bond donors (Lipinski definition) is 0. The van der Waals surface area contributed by atoms with E-state index in [0.717, 1.165) is 44.9 Å². The number of amidine groups is 1. The van der Waals surface area contributed by atoms with Crippen LogP contribution >= 0.6 is 0 Å². The molecule has 0 saturated carbocycles. The Morgan fingerprint density at radius 1 is 1.00 bits per heavy atom. The van der Waals surface area contributed by atoms with Crippen LogP contribution in [0.2, 0.25) is 0 Å². The van der Waals surface area contributed by atoms with Crippen LogP contribution in [-0.4, -0.2) is 56.8 Å². The van der Waals surface area contributed by atoms with E-state index in [2.05, 4.69) is 4.40 Å². The monoisotopic (exact) mass is 447 g/mol. The summed E-state index contributed by atoms with van der Waals surface area (Å²) < 4.78 is 34.9. The van der Waals surface area contributed by atoms with Crippen molar-refractivity contribution in [1.82, 2.24) is 4.90 Å². The molecule has 9 heteroatoms. The molecule has 0 aromatic heterocycles. The molecule has 3 aliphatic heterocycles. The first-order valence-corrected chi connectivity index (χ1v) is 12.6. The van der Waals surface area contributed by atoms with Gasteiger partial charge in [0.05, 0.1) is 11.3 Å². The lowest BCUT2D eigenvalue weighted by Crippen LogP contribution is -2.40. The van der Waals surface area contributed by atoms with Crippen LogP contribution in [0.15, 0.2) is 27.5 Å². The molecule has 0 unspecified atom stereocenters. The number of carbonyl (C=O) groups excluding carboxylic acids is 2. The van der Waals surface area contributed by atoms with Crippen LogP contribution in [0.5, 0.6) is 0 Å². The second kappa shape index (κ2) is 8.98. The van der Waals surface area contributed by atoms with Crippen molar-refractivity contribution in [2.75, 3.05) is 24.5 Å². The summed E-state index contributed by atoms with van der Waals surface area (Å²) in [6, 6.07) is 4.53. The van der Waals surface area contributed by atoms with E-state index in [1.54, 1.807) is 24.0 Å². The number of ether oxygens (including phenoxy) is 1. The fraction of sp³-hybridized carbons (Fsp3) is 0.591. The summed E-state index contributed by atoms with van der Waals surface area (Å²) >= 11 is 0. The second-order valence-electron chi connectivity index (χ2n) is 8.41. The highest BCUT2D eigenvalue weighted by Gasteiger charge is 2.33. The molecule has 1 atom stereocenters. The number of rotatable bonds is 3. The third-order valence-corrected chi connectivity index (χ3v) is 7.47. The molecule has 0 N–H and O–H groups in total. The maximum atomic E-state index is 12.8. The maximum absolute atomic E-state index is 12.8. The summed E-state index contributed by atoms with van der Waals surface area (Å²) in [7, 11) is -3.89. The van der Waals surface area contributed by atoms with Crippen molar-refractivity contribution in [1.29, 1.82) is 0 Å². The number of esters is 1. The van der Waals surface area contributed by atoms with Gasteiger partial charge in [0.25, 0.3) is 15.9 Å². The van der Waals surface area contributed by atoms with Crippen LogP contribution in [-0.2, 0) is 19.6 Å². The van der Waals surface area contributed by atoms with E-state index >= 15 is 0 Å². The normalized spacial score (nSPS) is 21.6. The molecule has 2 fully saturated rings. The van der Waals surface area contributed by atoms with Gasteiger partial charge in [0.15, 0.2) is 6.10 Å².